The van der Waals surface area contributed by atoms with Gasteiger partial charge in [0.15, 0.2) is 0 Å². The Bertz CT molecular complexity index is 733. The van der Waals surface area contributed by atoms with Crippen molar-refractivity contribution in [3.63, 3.8) is 0 Å². The Kier molecular flexibility index (Phi) is 4.88. The molecule has 1 aromatic carbocycles. The number of benzene rings is 1. The van der Waals surface area contributed by atoms with Gasteiger partial charge in [0.25, 0.3) is 5.19 Å². The molecule has 1 aromatic heterocycles. The molecule has 0 bridgehead atoms. The first kappa shape index (κ1) is 17.3. The highest BCUT2D eigenvalue weighted by Crippen LogP contribution is 2.33. The molecular formula is C17H22ClN3O2S. The van der Waals surface area contributed by atoms with E-state index in [1.165, 1.54) is 11.3 Å². The molecule has 24 heavy (non-hydrogen) atoms. The SMILES string of the molecule is CC(C)(C)NC(=O)N1CCC(Oc2nc3c(Cl)cccc3s2)CC1. The third-order valence-electron chi connectivity index (χ3n) is 3.83. The summed E-state index contributed by atoms with van der Waals surface area (Å²) < 4.78 is 7.04. The molecule has 5 nitrogen and oxygen atoms in total. The second-order valence-corrected chi connectivity index (χ2v) is 8.45. The number of likely N-dealkylation sites (tertiary alicyclic amines) is 1. The van der Waals surface area contributed by atoms with Gasteiger partial charge in [0.1, 0.15) is 11.6 Å². The van der Waals surface area contributed by atoms with Crippen LogP contribution in [0.25, 0.3) is 10.2 Å². The number of para-hydroxylation sites is 1. The molecule has 7 heteroatoms. The van der Waals surface area contributed by atoms with Crippen molar-refractivity contribution in [2.45, 2.75) is 45.3 Å². The van der Waals surface area contributed by atoms with Crippen LogP contribution in [0.4, 0.5) is 4.79 Å². The number of carbonyl (C=O) groups excluding carboxylic acids is 1. The van der Waals surface area contributed by atoms with E-state index in [1.807, 2.05) is 43.9 Å². The van der Waals surface area contributed by atoms with E-state index in [9.17, 15) is 4.79 Å². The fourth-order valence-corrected chi connectivity index (χ4v) is 3.85. The Morgan fingerprint density at radius 2 is 2.08 bits per heavy atom. The van der Waals surface area contributed by atoms with Crippen molar-refractivity contribution in [2.75, 3.05) is 13.1 Å². The molecule has 0 aliphatic carbocycles. The van der Waals surface area contributed by atoms with E-state index in [4.69, 9.17) is 16.3 Å². The number of aromatic nitrogens is 1. The summed E-state index contributed by atoms with van der Waals surface area (Å²) in [6.45, 7) is 7.34. The van der Waals surface area contributed by atoms with Gasteiger partial charge in [0.2, 0.25) is 0 Å². The highest BCUT2D eigenvalue weighted by molar-refractivity contribution is 7.20. The van der Waals surface area contributed by atoms with Gasteiger partial charge < -0.3 is 15.0 Å². The number of hydrogen-bond donors (Lipinski definition) is 1. The van der Waals surface area contributed by atoms with E-state index >= 15 is 0 Å². The van der Waals surface area contributed by atoms with E-state index in [1.54, 1.807) is 0 Å². The summed E-state index contributed by atoms with van der Waals surface area (Å²) in [5, 5.41) is 4.29. The first-order chi connectivity index (χ1) is 11.3. The molecule has 2 aromatic rings. The van der Waals surface area contributed by atoms with Crippen LogP contribution in [-0.2, 0) is 0 Å². The van der Waals surface area contributed by atoms with Crippen LogP contribution in [0.3, 0.4) is 0 Å². The number of piperidine rings is 1. The van der Waals surface area contributed by atoms with Gasteiger partial charge in [-0.25, -0.2) is 9.78 Å². The Balaban J connectivity index is 1.57. The van der Waals surface area contributed by atoms with E-state index in [-0.39, 0.29) is 17.7 Å². The van der Waals surface area contributed by atoms with Gasteiger partial charge in [0, 0.05) is 31.5 Å². The summed E-state index contributed by atoms with van der Waals surface area (Å²) >= 11 is 7.67. The monoisotopic (exact) mass is 367 g/mol. The number of thiazole rings is 1. The van der Waals surface area contributed by atoms with Gasteiger partial charge in [-0.1, -0.05) is 29.0 Å². The molecule has 3 rings (SSSR count). The molecule has 1 fully saturated rings. The van der Waals surface area contributed by atoms with Crippen LogP contribution in [-0.4, -0.2) is 40.6 Å². The molecule has 1 aliphatic heterocycles. The number of nitrogens with zero attached hydrogens (tertiary/aromatic N) is 2. The van der Waals surface area contributed by atoms with E-state index in [2.05, 4.69) is 10.3 Å². The molecule has 0 spiro atoms. The van der Waals surface area contributed by atoms with Crippen LogP contribution >= 0.6 is 22.9 Å². The molecule has 130 valence electrons. The molecule has 1 saturated heterocycles. The lowest BCUT2D eigenvalue weighted by molar-refractivity contribution is 0.108. The van der Waals surface area contributed by atoms with Gasteiger partial charge >= 0.3 is 6.03 Å². The van der Waals surface area contributed by atoms with E-state index in [0.29, 0.717) is 23.3 Å². The van der Waals surface area contributed by atoms with Crippen LogP contribution in [0.1, 0.15) is 33.6 Å². The summed E-state index contributed by atoms with van der Waals surface area (Å²) in [7, 11) is 0. The van der Waals surface area contributed by atoms with Crippen molar-refractivity contribution >= 4 is 39.2 Å². The van der Waals surface area contributed by atoms with Gasteiger partial charge in [-0.3, -0.25) is 0 Å². The number of nitrogens with one attached hydrogen (secondary N) is 1. The largest absolute Gasteiger partial charge is 0.467 e. The Morgan fingerprint density at radius 1 is 1.38 bits per heavy atom. The van der Waals surface area contributed by atoms with Crippen LogP contribution < -0.4 is 10.1 Å². The number of halogens is 1. The Morgan fingerprint density at radius 3 is 2.71 bits per heavy atom. The number of urea groups is 1. The normalized spacial score (nSPS) is 16.4. The topological polar surface area (TPSA) is 54.5 Å². The lowest BCUT2D eigenvalue weighted by Gasteiger charge is -2.33. The number of fused-ring (bicyclic) bond motifs is 1. The minimum Gasteiger partial charge on any atom is -0.467 e. The number of rotatable bonds is 2. The van der Waals surface area contributed by atoms with E-state index < -0.39 is 0 Å². The Labute approximate surface area is 151 Å². The van der Waals surface area contributed by atoms with Crippen LogP contribution in [0, 0.1) is 0 Å². The number of ether oxygens (including phenoxy) is 1. The average Bonchev–Trinajstić information content (AvgIpc) is 2.90. The summed E-state index contributed by atoms with van der Waals surface area (Å²) in [6, 6.07) is 5.73. The molecular weight excluding hydrogens is 346 g/mol. The first-order valence-corrected chi connectivity index (χ1v) is 9.30. The maximum Gasteiger partial charge on any atom is 0.317 e. The van der Waals surface area contributed by atoms with Crippen molar-refractivity contribution in [3.05, 3.63) is 23.2 Å². The predicted molar refractivity (Wildman–Crippen MR) is 98.1 cm³/mol. The van der Waals surface area contributed by atoms with Crippen LogP contribution in [0.15, 0.2) is 18.2 Å². The second-order valence-electron chi connectivity index (χ2n) is 7.05. The predicted octanol–water partition coefficient (Wildman–Crippen LogP) is 4.30. The highest BCUT2D eigenvalue weighted by Gasteiger charge is 2.26. The standard InChI is InChI=1S/C17H22ClN3O2S/c1-17(2,3)20-15(22)21-9-7-11(8-10-21)23-16-19-14-12(18)5-4-6-13(14)24-16/h4-6,11H,7-10H2,1-3H3,(H,20,22). The first-order valence-electron chi connectivity index (χ1n) is 8.10. The zero-order chi connectivity index (χ0) is 17.3. The fraction of sp³-hybridized carbons (Fsp3) is 0.529. The fourth-order valence-electron chi connectivity index (χ4n) is 2.66. The van der Waals surface area contributed by atoms with Gasteiger partial charge in [-0.05, 0) is 32.9 Å². The molecule has 1 N–H and O–H groups in total. The smallest absolute Gasteiger partial charge is 0.317 e. The lowest BCUT2D eigenvalue weighted by Crippen LogP contribution is -2.51. The summed E-state index contributed by atoms with van der Waals surface area (Å²) in [5.41, 5.74) is 0.575. The number of amides is 2. The summed E-state index contributed by atoms with van der Waals surface area (Å²) in [5.74, 6) is 0. The molecule has 0 atom stereocenters. The van der Waals surface area contributed by atoms with Crippen molar-refractivity contribution in [3.8, 4) is 5.19 Å². The molecule has 0 saturated carbocycles. The van der Waals surface area contributed by atoms with Crippen molar-refractivity contribution in [1.29, 1.82) is 0 Å². The minimum atomic E-state index is -0.218. The van der Waals surface area contributed by atoms with Gasteiger partial charge in [-0.2, -0.15) is 0 Å². The zero-order valence-corrected chi connectivity index (χ0v) is 15.7. The number of hydrogen-bond acceptors (Lipinski definition) is 4. The van der Waals surface area contributed by atoms with Crippen LogP contribution in [0.5, 0.6) is 5.19 Å². The highest BCUT2D eigenvalue weighted by atomic mass is 35.5. The Hall–Kier alpha value is -1.53. The second kappa shape index (κ2) is 6.76. The lowest BCUT2D eigenvalue weighted by atomic mass is 10.1. The third kappa shape index (κ3) is 4.11. The molecule has 0 unspecified atom stereocenters. The average molecular weight is 368 g/mol. The minimum absolute atomic E-state index is 0.00674. The van der Waals surface area contributed by atoms with Gasteiger partial charge in [-0.15, -0.1) is 0 Å². The molecule has 1 aliphatic rings. The molecule has 2 heterocycles. The van der Waals surface area contributed by atoms with Crippen molar-refractivity contribution < 1.29 is 9.53 Å². The van der Waals surface area contributed by atoms with Gasteiger partial charge in [0.05, 0.1) is 9.72 Å². The van der Waals surface area contributed by atoms with Crippen molar-refractivity contribution in [1.82, 2.24) is 15.2 Å². The van der Waals surface area contributed by atoms with Crippen molar-refractivity contribution in [2.24, 2.45) is 0 Å². The zero-order valence-electron chi connectivity index (χ0n) is 14.1. The quantitative estimate of drug-likeness (QED) is 0.860. The maximum atomic E-state index is 12.2. The van der Waals surface area contributed by atoms with Crippen LogP contribution in [0.2, 0.25) is 5.02 Å². The molecule has 0 radical (unpaired) electrons. The molecule has 2 amide bonds. The number of carbonyl (C=O) groups is 1. The summed E-state index contributed by atoms with van der Waals surface area (Å²) in [6.07, 6.45) is 1.70. The third-order valence-corrected chi connectivity index (χ3v) is 5.05. The summed E-state index contributed by atoms with van der Waals surface area (Å²) in [4.78, 5) is 18.5. The maximum absolute atomic E-state index is 12.2. The van der Waals surface area contributed by atoms with E-state index in [0.717, 1.165) is 23.1 Å².